The topological polar surface area (TPSA) is 72.8 Å². The number of rotatable bonds is 9. The van der Waals surface area contributed by atoms with Gasteiger partial charge in [-0.25, -0.2) is 0 Å². The minimum absolute atomic E-state index is 0.0312. The van der Waals surface area contributed by atoms with Crippen LogP contribution in [0.15, 0.2) is 72.8 Å². The third kappa shape index (κ3) is 6.48. The molecule has 0 aliphatic heterocycles. The number of carbonyl (C=O) groups excluding carboxylic acids is 1. The highest BCUT2D eigenvalue weighted by atomic mass is 16.5. The number of hydrogen-bond donors (Lipinski definition) is 1. The zero-order valence-corrected chi connectivity index (χ0v) is 16.5. The van der Waals surface area contributed by atoms with Gasteiger partial charge in [0.05, 0.1) is 12.8 Å². The van der Waals surface area contributed by atoms with E-state index >= 15 is 0 Å². The van der Waals surface area contributed by atoms with E-state index in [-0.39, 0.29) is 26.3 Å². The van der Waals surface area contributed by atoms with Crippen LogP contribution in [0, 0.1) is 6.90 Å². The van der Waals surface area contributed by atoms with Gasteiger partial charge in [0, 0.05) is 1.37 Å². The first kappa shape index (κ1) is 19.7. The molecule has 0 fully saturated rings. The second kappa shape index (κ2) is 10.3. The van der Waals surface area contributed by atoms with Crippen molar-refractivity contribution in [1.29, 1.82) is 0 Å². The van der Waals surface area contributed by atoms with Crippen molar-refractivity contribution in [1.82, 2.24) is 0 Å². The van der Waals surface area contributed by atoms with Crippen molar-refractivity contribution in [3.63, 3.8) is 0 Å². The lowest BCUT2D eigenvalue weighted by atomic mass is 10.0. The summed E-state index contributed by atoms with van der Waals surface area (Å²) >= 11 is 0. The summed E-state index contributed by atoms with van der Waals surface area (Å²) in [6.45, 7) is 0.593. The standard InChI is InChI=1S/C25H24O5/c1-18-12-20(17-30-25(28)11-10-24(26)27)14-22(13-18)21-8-5-9-23(15-21)29-16-19-6-3-2-4-7-19/h2-9,12-15H,10-11,16-17H2,1H3,(H,26,27)/i1D. The van der Waals surface area contributed by atoms with Crippen LogP contribution >= 0.6 is 0 Å². The predicted molar refractivity (Wildman–Crippen MR) is 114 cm³/mol. The molecule has 0 radical (unpaired) electrons. The Labute approximate surface area is 177 Å². The number of carbonyl (C=O) groups is 2. The number of benzene rings is 3. The molecule has 0 heterocycles. The Morgan fingerprint density at radius 3 is 2.47 bits per heavy atom. The Hall–Kier alpha value is -3.60. The van der Waals surface area contributed by atoms with Crippen molar-refractivity contribution in [2.45, 2.75) is 33.0 Å². The van der Waals surface area contributed by atoms with Gasteiger partial charge in [0.1, 0.15) is 19.0 Å². The van der Waals surface area contributed by atoms with Crippen molar-refractivity contribution in [2.75, 3.05) is 0 Å². The van der Waals surface area contributed by atoms with Gasteiger partial charge in [0.2, 0.25) is 0 Å². The van der Waals surface area contributed by atoms with E-state index in [0.29, 0.717) is 6.61 Å². The molecule has 0 saturated heterocycles. The van der Waals surface area contributed by atoms with Gasteiger partial charge in [-0.15, -0.1) is 0 Å². The summed E-state index contributed by atoms with van der Waals surface area (Å²) in [7, 11) is 0. The number of esters is 1. The Bertz CT molecular complexity index is 1030. The third-order valence-corrected chi connectivity index (χ3v) is 4.41. The second-order valence-corrected chi connectivity index (χ2v) is 6.89. The maximum atomic E-state index is 11.7. The predicted octanol–water partition coefficient (Wildman–Crippen LogP) is 5.15. The lowest BCUT2D eigenvalue weighted by Gasteiger charge is -2.11. The molecule has 0 bridgehead atoms. The summed E-state index contributed by atoms with van der Waals surface area (Å²) < 4.78 is 18.8. The maximum absolute atomic E-state index is 11.7. The van der Waals surface area contributed by atoms with Crippen LogP contribution in [0.1, 0.15) is 30.9 Å². The van der Waals surface area contributed by atoms with Crippen LogP contribution in [-0.4, -0.2) is 17.0 Å². The molecule has 0 aromatic heterocycles. The van der Waals surface area contributed by atoms with E-state index in [1.165, 1.54) is 0 Å². The van der Waals surface area contributed by atoms with Gasteiger partial charge >= 0.3 is 11.9 Å². The first-order valence-corrected chi connectivity index (χ1v) is 9.60. The molecule has 0 aliphatic carbocycles. The van der Waals surface area contributed by atoms with Crippen LogP contribution in [0.5, 0.6) is 5.75 Å². The van der Waals surface area contributed by atoms with Crippen molar-refractivity contribution in [2.24, 2.45) is 0 Å². The molecule has 5 heteroatoms. The van der Waals surface area contributed by atoms with Crippen LogP contribution in [-0.2, 0) is 27.5 Å². The summed E-state index contributed by atoms with van der Waals surface area (Å²) in [6.07, 6.45) is -0.423. The molecule has 0 amide bonds. The number of aryl methyl sites for hydroxylation is 1. The largest absolute Gasteiger partial charge is 0.489 e. The highest BCUT2D eigenvalue weighted by Gasteiger charge is 2.09. The number of ether oxygens (including phenoxy) is 2. The lowest BCUT2D eigenvalue weighted by Crippen LogP contribution is -2.07. The van der Waals surface area contributed by atoms with Crippen molar-refractivity contribution >= 4 is 11.9 Å². The molecule has 30 heavy (non-hydrogen) atoms. The van der Waals surface area contributed by atoms with Crippen molar-refractivity contribution in [3.8, 4) is 16.9 Å². The summed E-state index contributed by atoms with van der Waals surface area (Å²) in [5.74, 6) is -0.861. The van der Waals surface area contributed by atoms with E-state index in [1.54, 1.807) is 0 Å². The van der Waals surface area contributed by atoms with Crippen LogP contribution in [0.2, 0.25) is 0 Å². The Balaban J connectivity index is 1.72. The molecule has 3 aromatic rings. The van der Waals surface area contributed by atoms with Crippen molar-refractivity contribution < 1.29 is 25.5 Å². The molecule has 5 nitrogen and oxygen atoms in total. The fraction of sp³-hybridized carbons (Fsp3) is 0.200. The first-order valence-electron chi connectivity index (χ1n) is 10.3. The minimum atomic E-state index is -1.04. The quantitative estimate of drug-likeness (QED) is 0.499. The monoisotopic (exact) mass is 405 g/mol. The SMILES string of the molecule is [2H]Cc1cc(COC(=O)CCC(=O)O)cc(-c2cccc(OCc3ccccc3)c2)c1. The molecule has 3 aromatic carbocycles. The number of carboxylic acids is 1. The molecular weight excluding hydrogens is 380 g/mol. The minimum Gasteiger partial charge on any atom is -0.489 e. The molecule has 1 N–H and O–H groups in total. The maximum Gasteiger partial charge on any atom is 0.306 e. The zero-order chi connectivity index (χ0) is 22.1. The Morgan fingerprint density at radius 1 is 0.867 bits per heavy atom. The first-order chi connectivity index (χ1) is 15.0. The van der Waals surface area contributed by atoms with Gasteiger partial charge in [0.25, 0.3) is 0 Å². The van der Waals surface area contributed by atoms with Gasteiger partial charge in [0.15, 0.2) is 0 Å². The summed E-state index contributed by atoms with van der Waals surface area (Å²) in [4.78, 5) is 22.3. The Morgan fingerprint density at radius 2 is 1.70 bits per heavy atom. The van der Waals surface area contributed by atoms with Crippen LogP contribution in [0.25, 0.3) is 11.1 Å². The van der Waals surface area contributed by atoms with Crippen molar-refractivity contribution in [3.05, 3.63) is 89.5 Å². The van der Waals surface area contributed by atoms with Crippen LogP contribution in [0.3, 0.4) is 0 Å². The molecule has 0 aliphatic rings. The van der Waals surface area contributed by atoms with E-state index in [0.717, 1.165) is 33.6 Å². The van der Waals surface area contributed by atoms with E-state index in [2.05, 4.69) is 0 Å². The molecule has 0 unspecified atom stereocenters. The fourth-order valence-electron chi connectivity index (χ4n) is 2.96. The van der Waals surface area contributed by atoms with Gasteiger partial charge in [-0.05, 0) is 47.4 Å². The Kier molecular flexibility index (Phi) is 6.74. The van der Waals surface area contributed by atoms with Gasteiger partial charge in [-0.1, -0.05) is 60.2 Å². The smallest absolute Gasteiger partial charge is 0.306 e. The summed E-state index contributed by atoms with van der Waals surface area (Å²) in [5.41, 5.74) is 4.45. The summed E-state index contributed by atoms with van der Waals surface area (Å²) in [6, 6.07) is 23.3. The average molecular weight is 405 g/mol. The van der Waals surface area contributed by atoms with E-state index in [9.17, 15) is 9.59 Å². The molecule has 0 spiro atoms. The van der Waals surface area contributed by atoms with Gasteiger partial charge in [-0.3, -0.25) is 9.59 Å². The fourth-order valence-corrected chi connectivity index (χ4v) is 2.96. The lowest BCUT2D eigenvalue weighted by molar-refractivity contribution is -0.148. The van der Waals surface area contributed by atoms with E-state index in [4.69, 9.17) is 16.0 Å². The zero-order valence-electron chi connectivity index (χ0n) is 17.5. The molecular formula is C25H24O5. The third-order valence-electron chi connectivity index (χ3n) is 4.41. The molecule has 154 valence electrons. The van der Waals surface area contributed by atoms with E-state index in [1.807, 2.05) is 72.8 Å². The number of hydrogen-bond acceptors (Lipinski definition) is 4. The van der Waals surface area contributed by atoms with Gasteiger partial charge in [-0.2, -0.15) is 0 Å². The summed E-state index contributed by atoms with van der Waals surface area (Å²) in [5, 5.41) is 8.66. The van der Waals surface area contributed by atoms with Crippen LogP contribution in [0.4, 0.5) is 0 Å². The molecule has 0 atom stereocenters. The normalized spacial score (nSPS) is 10.9. The number of carboxylic acid groups (broad SMARTS) is 1. The number of aliphatic carboxylic acids is 1. The van der Waals surface area contributed by atoms with Crippen LogP contribution < -0.4 is 4.74 Å². The highest BCUT2D eigenvalue weighted by molar-refractivity contribution is 5.76. The van der Waals surface area contributed by atoms with Gasteiger partial charge < -0.3 is 14.6 Å². The average Bonchev–Trinajstić information content (AvgIpc) is 2.80. The second-order valence-electron chi connectivity index (χ2n) is 6.89. The molecule has 3 rings (SSSR count). The van der Waals surface area contributed by atoms with E-state index < -0.39 is 11.9 Å². The molecule has 0 saturated carbocycles. The highest BCUT2D eigenvalue weighted by Crippen LogP contribution is 2.27.